The normalized spacial score (nSPS) is 10.9. The molecule has 0 aromatic carbocycles. The second-order valence-corrected chi connectivity index (χ2v) is 4.47. The summed E-state index contributed by atoms with van der Waals surface area (Å²) in [5, 5.41) is 4.36. The molecular weight excluding hydrogens is 282 g/mol. The summed E-state index contributed by atoms with van der Waals surface area (Å²) in [4.78, 5) is 8.43. The second-order valence-electron chi connectivity index (χ2n) is 3.56. The predicted molar refractivity (Wildman–Crippen MR) is 68.3 cm³/mol. The van der Waals surface area contributed by atoms with Crippen LogP contribution in [0.3, 0.4) is 0 Å². The average Bonchev–Trinajstić information content (AvgIpc) is 2.74. The molecule has 17 heavy (non-hydrogen) atoms. The third kappa shape index (κ3) is 1.76. The Hall–Kier alpha value is -1.95. The summed E-state index contributed by atoms with van der Waals surface area (Å²) in [7, 11) is 0. The van der Waals surface area contributed by atoms with E-state index in [0.717, 1.165) is 10.0 Å². The fourth-order valence-corrected chi connectivity index (χ4v) is 2.04. The minimum absolute atomic E-state index is 0.585. The molecular formula is C11H8BrN5. The Morgan fingerprint density at radius 3 is 3.00 bits per heavy atom. The lowest BCUT2D eigenvalue weighted by Gasteiger charge is -1.96. The topological polar surface area (TPSA) is 69.1 Å². The number of anilines is 1. The van der Waals surface area contributed by atoms with E-state index in [-0.39, 0.29) is 0 Å². The number of nitrogens with zero attached hydrogens (tertiary/aromatic N) is 4. The Morgan fingerprint density at radius 2 is 2.24 bits per heavy atom. The molecule has 5 nitrogen and oxygen atoms in total. The maximum Gasteiger partial charge on any atom is 0.183 e. The number of rotatable bonds is 1. The second kappa shape index (κ2) is 3.81. The summed E-state index contributed by atoms with van der Waals surface area (Å²) in [6.07, 6.45) is 5.25. The van der Waals surface area contributed by atoms with Crippen molar-refractivity contribution in [2.45, 2.75) is 0 Å². The highest BCUT2D eigenvalue weighted by atomic mass is 79.9. The molecule has 0 atom stereocenters. The van der Waals surface area contributed by atoms with Crippen molar-refractivity contribution in [3.05, 3.63) is 41.3 Å². The van der Waals surface area contributed by atoms with Gasteiger partial charge in [0.2, 0.25) is 0 Å². The van der Waals surface area contributed by atoms with Gasteiger partial charge in [0.15, 0.2) is 11.5 Å². The molecule has 0 aliphatic carbocycles. The summed E-state index contributed by atoms with van der Waals surface area (Å²) in [6.45, 7) is 0. The summed E-state index contributed by atoms with van der Waals surface area (Å²) in [5.41, 5.74) is 7.98. The van der Waals surface area contributed by atoms with Crippen LogP contribution in [0.15, 0.2) is 41.3 Å². The van der Waals surface area contributed by atoms with Gasteiger partial charge in [-0.2, -0.15) is 0 Å². The van der Waals surface area contributed by atoms with Crippen molar-refractivity contribution < 1.29 is 0 Å². The summed E-state index contributed by atoms with van der Waals surface area (Å²) in [6, 6.07) is 5.56. The van der Waals surface area contributed by atoms with Gasteiger partial charge in [0, 0.05) is 28.6 Å². The molecule has 0 saturated carbocycles. The van der Waals surface area contributed by atoms with Crippen molar-refractivity contribution in [3.8, 4) is 11.4 Å². The van der Waals surface area contributed by atoms with E-state index < -0.39 is 0 Å². The zero-order valence-electron chi connectivity index (χ0n) is 8.71. The van der Waals surface area contributed by atoms with Gasteiger partial charge >= 0.3 is 0 Å². The van der Waals surface area contributed by atoms with Crippen LogP contribution in [0.2, 0.25) is 0 Å². The summed E-state index contributed by atoms with van der Waals surface area (Å²) in [5.74, 6) is 0.614. The van der Waals surface area contributed by atoms with E-state index in [0.29, 0.717) is 17.2 Å². The fraction of sp³-hybridized carbons (Fsp3) is 0. The minimum atomic E-state index is 0.585. The first-order valence-corrected chi connectivity index (χ1v) is 5.75. The van der Waals surface area contributed by atoms with Crippen LogP contribution >= 0.6 is 15.9 Å². The monoisotopic (exact) mass is 289 g/mol. The quantitative estimate of drug-likeness (QED) is 0.745. The van der Waals surface area contributed by atoms with Crippen molar-refractivity contribution in [3.63, 3.8) is 0 Å². The predicted octanol–water partition coefficient (Wildman–Crippen LogP) is 2.14. The van der Waals surface area contributed by atoms with Crippen LogP contribution in [0.5, 0.6) is 0 Å². The number of hydrogen-bond donors (Lipinski definition) is 1. The lowest BCUT2D eigenvalue weighted by Crippen LogP contribution is -1.93. The van der Waals surface area contributed by atoms with E-state index in [9.17, 15) is 0 Å². The third-order valence-corrected chi connectivity index (χ3v) is 2.78. The van der Waals surface area contributed by atoms with E-state index in [1.807, 2.05) is 18.3 Å². The maximum atomic E-state index is 5.88. The van der Waals surface area contributed by atoms with Crippen LogP contribution < -0.4 is 5.73 Å². The first-order valence-electron chi connectivity index (χ1n) is 4.96. The number of pyridine rings is 2. The van der Waals surface area contributed by atoms with Gasteiger partial charge in [0.1, 0.15) is 0 Å². The molecule has 3 aromatic heterocycles. The van der Waals surface area contributed by atoms with Crippen LogP contribution in [-0.4, -0.2) is 19.6 Å². The van der Waals surface area contributed by atoms with Crippen molar-refractivity contribution in [2.24, 2.45) is 0 Å². The molecule has 0 fully saturated rings. The molecule has 2 N–H and O–H groups in total. The highest BCUT2D eigenvalue weighted by molar-refractivity contribution is 9.10. The van der Waals surface area contributed by atoms with Gasteiger partial charge in [-0.05, 0) is 34.1 Å². The number of fused-ring (bicyclic) bond motifs is 1. The maximum absolute atomic E-state index is 5.88. The third-order valence-electron chi connectivity index (χ3n) is 2.35. The molecule has 0 saturated heterocycles. The van der Waals surface area contributed by atoms with Crippen LogP contribution in [0, 0.1) is 0 Å². The van der Waals surface area contributed by atoms with Gasteiger partial charge in [0.25, 0.3) is 0 Å². The minimum Gasteiger partial charge on any atom is -0.396 e. The number of nitrogens with two attached hydrogens (primary N) is 1. The Kier molecular flexibility index (Phi) is 2.29. The Morgan fingerprint density at radius 1 is 1.35 bits per heavy atom. The lowest BCUT2D eigenvalue weighted by atomic mass is 10.3. The zero-order chi connectivity index (χ0) is 11.8. The Bertz CT molecular complexity index is 677. The van der Waals surface area contributed by atoms with E-state index in [2.05, 4.69) is 31.0 Å². The van der Waals surface area contributed by atoms with Crippen LogP contribution in [0.1, 0.15) is 0 Å². The van der Waals surface area contributed by atoms with Crippen molar-refractivity contribution in [1.29, 1.82) is 0 Å². The van der Waals surface area contributed by atoms with Gasteiger partial charge in [-0.1, -0.05) is 0 Å². The van der Waals surface area contributed by atoms with E-state index in [1.54, 1.807) is 23.0 Å². The molecule has 3 aromatic rings. The highest BCUT2D eigenvalue weighted by Crippen LogP contribution is 2.21. The van der Waals surface area contributed by atoms with Crippen molar-refractivity contribution in [1.82, 2.24) is 19.6 Å². The lowest BCUT2D eigenvalue weighted by molar-refractivity contribution is 0.961. The molecule has 0 bridgehead atoms. The van der Waals surface area contributed by atoms with Crippen molar-refractivity contribution in [2.75, 3.05) is 5.73 Å². The van der Waals surface area contributed by atoms with Gasteiger partial charge < -0.3 is 5.73 Å². The molecule has 0 amide bonds. The summed E-state index contributed by atoms with van der Waals surface area (Å²) < 4.78 is 2.52. The molecule has 84 valence electrons. The number of hydrogen-bond acceptors (Lipinski definition) is 4. The van der Waals surface area contributed by atoms with Gasteiger partial charge in [-0.15, -0.1) is 5.10 Å². The molecule has 6 heteroatoms. The standard InChI is InChI=1S/C11H8BrN5/c12-8-4-9(13)11-15-10(16-17(11)6-8)7-2-1-3-14-5-7/h1-6H,13H2. The summed E-state index contributed by atoms with van der Waals surface area (Å²) >= 11 is 3.37. The zero-order valence-corrected chi connectivity index (χ0v) is 10.3. The molecule has 0 radical (unpaired) electrons. The van der Waals surface area contributed by atoms with Gasteiger partial charge in [0.05, 0.1) is 5.69 Å². The fourth-order valence-electron chi connectivity index (χ4n) is 1.59. The molecule has 3 rings (SSSR count). The van der Waals surface area contributed by atoms with Gasteiger partial charge in [-0.25, -0.2) is 9.50 Å². The molecule has 0 spiro atoms. The molecule has 0 aliphatic heterocycles. The first kappa shape index (κ1) is 10.2. The van der Waals surface area contributed by atoms with Crippen LogP contribution in [0.4, 0.5) is 5.69 Å². The van der Waals surface area contributed by atoms with Gasteiger partial charge in [-0.3, -0.25) is 4.98 Å². The number of nitrogen functional groups attached to an aromatic ring is 1. The first-order chi connectivity index (χ1) is 8.24. The SMILES string of the molecule is Nc1cc(Br)cn2nc(-c3cccnc3)nc12. The van der Waals surface area contributed by atoms with Crippen molar-refractivity contribution >= 4 is 27.3 Å². The number of aromatic nitrogens is 4. The van der Waals surface area contributed by atoms with Crippen LogP contribution in [-0.2, 0) is 0 Å². The molecule has 3 heterocycles. The van der Waals surface area contributed by atoms with E-state index in [4.69, 9.17) is 5.73 Å². The van der Waals surface area contributed by atoms with E-state index >= 15 is 0 Å². The Labute approximate surface area is 105 Å². The largest absolute Gasteiger partial charge is 0.396 e. The highest BCUT2D eigenvalue weighted by Gasteiger charge is 2.09. The smallest absolute Gasteiger partial charge is 0.183 e. The molecule has 0 unspecified atom stereocenters. The van der Waals surface area contributed by atoms with Crippen LogP contribution in [0.25, 0.3) is 17.0 Å². The number of halogens is 1. The van der Waals surface area contributed by atoms with E-state index in [1.165, 1.54) is 0 Å². The molecule has 0 aliphatic rings. The average molecular weight is 290 g/mol. The Balaban J connectivity index is 2.24.